The maximum atomic E-state index is 13.5. The number of furan rings is 1. The van der Waals surface area contributed by atoms with Crippen molar-refractivity contribution in [2.75, 3.05) is 31.6 Å². The van der Waals surface area contributed by atoms with Gasteiger partial charge in [-0.25, -0.2) is 9.18 Å². The van der Waals surface area contributed by atoms with Crippen molar-refractivity contribution in [1.82, 2.24) is 9.80 Å². The molecule has 0 aliphatic carbocycles. The van der Waals surface area contributed by atoms with Crippen LogP contribution in [0.5, 0.6) is 0 Å². The molecule has 0 radical (unpaired) electrons. The van der Waals surface area contributed by atoms with E-state index in [0.717, 1.165) is 15.8 Å². The maximum absolute atomic E-state index is 13.5. The molecule has 3 rings (SSSR count). The Morgan fingerprint density at radius 1 is 1.00 bits per heavy atom. The van der Waals surface area contributed by atoms with Crippen molar-refractivity contribution in [3.8, 4) is 0 Å². The van der Waals surface area contributed by atoms with Crippen LogP contribution < -0.4 is 5.32 Å². The van der Waals surface area contributed by atoms with Gasteiger partial charge < -0.3 is 24.3 Å². The lowest BCUT2D eigenvalue weighted by Crippen LogP contribution is -2.44. The smallest absolute Gasteiger partial charge is 0.322 e. The van der Waals surface area contributed by atoms with Gasteiger partial charge in [0.25, 0.3) is 0 Å². The number of amides is 3. The van der Waals surface area contributed by atoms with Crippen LogP contribution in [0.15, 0.2) is 69.6 Å². The molecule has 0 spiro atoms. The number of benzene rings is 2. The lowest BCUT2D eigenvalue weighted by atomic mass is 10.2. The van der Waals surface area contributed by atoms with Crippen molar-refractivity contribution < 1.29 is 23.1 Å². The van der Waals surface area contributed by atoms with E-state index in [0.29, 0.717) is 37.6 Å². The number of hydrogen-bond donors (Lipinski definition) is 1. The van der Waals surface area contributed by atoms with Crippen LogP contribution in [-0.2, 0) is 22.6 Å². The van der Waals surface area contributed by atoms with Crippen LogP contribution in [0.25, 0.3) is 0 Å². The first-order valence-electron chi connectivity index (χ1n) is 11.8. The third-order valence-corrected chi connectivity index (χ3v) is 5.94. The molecule has 3 aromatic rings. The minimum absolute atomic E-state index is 0.130. The summed E-state index contributed by atoms with van der Waals surface area (Å²) in [6.07, 6.45) is 0.588. The van der Waals surface area contributed by atoms with E-state index in [1.54, 1.807) is 29.2 Å². The Morgan fingerprint density at radius 3 is 2.36 bits per heavy atom. The zero-order valence-corrected chi connectivity index (χ0v) is 22.1. The molecule has 0 aliphatic heterocycles. The number of carbonyl (C=O) groups is 2. The number of halogens is 2. The summed E-state index contributed by atoms with van der Waals surface area (Å²) >= 11 is 3.38. The van der Waals surface area contributed by atoms with Crippen molar-refractivity contribution in [3.05, 3.63) is 88.0 Å². The molecule has 0 unspecified atom stereocenters. The van der Waals surface area contributed by atoms with Gasteiger partial charge in [0.05, 0.1) is 6.54 Å². The Balaban J connectivity index is 1.75. The molecule has 192 valence electrons. The summed E-state index contributed by atoms with van der Waals surface area (Å²) in [6, 6.07) is 16.5. The summed E-state index contributed by atoms with van der Waals surface area (Å²) in [5.74, 6) is 0.773. The molecule has 1 heterocycles. The molecule has 0 saturated carbocycles. The Kier molecular flexibility index (Phi) is 10.5. The van der Waals surface area contributed by atoms with Crippen LogP contribution >= 0.6 is 15.9 Å². The van der Waals surface area contributed by atoms with E-state index in [-0.39, 0.29) is 37.4 Å². The third kappa shape index (κ3) is 8.80. The molecule has 0 aliphatic rings. The third-order valence-electron chi connectivity index (χ3n) is 5.41. The van der Waals surface area contributed by atoms with Crippen LogP contribution in [-0.4, -0.2) is 48.0 Å². The van der Waals surface area contributed by atoms with Crippen LogP contribution in [0.4, 0.5) is 14.9 Å². The first-order chi connectivity index (χ1) is 17.3. The van der Waals surface area contributed by atoms with Crippen molar-refractivity contribution in [1.29, 1.82) is 0 Å². The largest absolute Gasteiger partial charge is 0.464 e. The highest BCUT2D eigenvalue weighted by Gasteiger charge is 2.23. The predicted molar refractivity (Wildman–Crippen MR) is 140 cm³/mol. The van der Waals surface area contributed by atoms with Crippen molar-refractivity contribution in [2.45, 2.75) is 33.4 Å². The molecule has 36 heavy (non-hydrogen) atoms. The number of nitrogens with zero attached hydrogens (tertiary/aromatic N) is 2. The number of carbonyl (C=O) groups excluding carboxylic acids is 2. The Hall–Kier alpha value is -3.17. The van der Waals surface area contributed by atoms with Gasteiger partial charge in [0.15, 0.2) is 0 Å². The molecule has 7 nitrogen and oxygen atoms in total. The standard InChI is InChI=1S/C27H31BrFN3O4/c1-3-35-16-4-15-31(27(34)30-24-12-8-22(28)9-13-24)19-26(33)32(18-25-14-5-20(2)36-25)17-21-6-10-23(29)11-7-21/h5-14H,3-4,15-19H2,1-2H3,(H,30,34). The topological polar surface area (TPSA) is 75.0 Å². The second-order valence-corrected chi connectivity index (χ2v) is 9.21. The number of rotatable bonds is 12. The molecular weight excluding hydrogens is 529 g/mol. The molecule has 0 atom stereocenters. The normalized spacial score (nSPS) is 10.8. The summed E-state index contributed by atoms with van der Waals surface area (Å²) in [6.45, 7) is 5.50. The highest BCUT2D eigenvalue weighted by atomic mass is 79.9. The fourth-order valence-electron chi connectivity index (χ4n) is 3.55. The number of ether oxygens (including phenoxy) is 1. The average Bonchev–Trinajstić information content (AvgIpc) is 3.27. The first-order valence-corrected chi connectivity index (χ1v) is 12.6. The fraction of sp³-hybridized carbons (Fsp3) is 0.333. The molecule has 1 aromatic heterocycles. The fourth-order valence-corrected chi connectivity index (χ4v) is 3.82. The van der Waals surface area contributed by atoms with Gasteiger partial charge in [-0.1, -0.05) is 28.1 Å². The lowest BCUT2D eigenvalue weighted by molar-refractivity contribution is -0.133. The molecule has 9 heteroatoms. The van der Waals surface area contributed by atoms with Gasteiger partial charge in [-0.3, -0.25) is 4.79 Å². The van der Waals surface area contributed by atoms with E-state index in [1.165, 1.54) is 17.0 Å². The monoisotopic (exact) mass is 559 g/mol. The summed E-state index contributed by atoms with van der Waals surface area (Å²) in [5.41, 5.74) is 1.40. The Morgan fingerprint density at radius 2 is 1.72 bits per heavy atom. The molecule has 1 N–H and O–H groups in total. The minimum Gasteiger partial charge on any atom is -0.464 e. The van der Waals surface area contributed by atoms with Crippen LogP contribution in [0.2, 0.25) is 0 Å². The van der Waals surface area contributed by atoms with E-state index < -0.39 is 0 Å². The summed E-state index contributed by atoms with van der Waals surface area (Å²) < 4.78 is 25.4. The molecule has 3 amide bonds. The first kappa shape index (κ1) is 27.4. The Bertz CT molecular complexity index is 1120. The predicted octanol–water partition coefficient (Wildman–Crippen LogP) is 5.98. The quantitative estimate of drug-likeness (QED) is 0.277. The SMILES string of the molecule is CCOCCCN(CC(=O)N(Cc1ccc(F)cc1)Cc1ccc(C)o1)C(=O)Nc1ccc(Br)cc1. The minimum atomic E-state index is -0.377. The highest BCUT2D eigenvalue weighted by molar-refractivity contribution is 9.10. The number of anilines is 1. The van der Waals surface area contributed by atoms with Gasteiger partial charge in [0.1, 0.15) is 23.9 Å². The van der Waals surface area contributed by atoms with E-state index >= 15 is 0 Å². The van der Waals surface area contributed by atoms with Gasteiger partial charge >= 0.3 is 6.03 Å². The Labute approximate surface area is 219 Å². The molecule has 0 bridgehead atoms. The number of nitrogens with one attached hydrogen (secondary N) is 1. The van der Waals surface area contributed by atoms with Gasteiger partial charge in [-0.15, -0.1) is 0 Å². The zero-order chi connectivity index (χ0) is 25.9. The highest BCUT2D eigenvalue weighted by Crippen LogP contribution is 2.17. The second kappa shape index (κ2) is 13.8. The average molecular weight is 560 g/mol. The summed E-state index contributed by atoms with van der Waals surface area (Å²) in [7, 11) is 0. The molecule has 2 aromatic carbocycles. The van der Waals surface area contributed by atoms with Gasteiger partial charge in [-0.05, 0) is 74.4 Å². The zero-order valence-electron chi connectivity index (χ0n) is 20.5. The van der Waals surface area contributed by atoms with Gasteiger partial charge in [0.2, 0.25) is 5.91 Å². The lowest BCUT2D eigenvalue weighted by Gasteiger charge is -2.27. The molecule has 0 saturated heterocycles. The summed E-state index contributed by atoms with van der Waals surface area (Å²) in [5, 5.41) is 2.86. The van der Waals surface area contributed by atoms with Gasteiger partial charge in [-0.2, -0.15) is 0 Å². The molecular formula is C27H31BrFN3O4. The van der Waals surface area contributed by atoms with E-state index in [4.69, 9.17) is 9.15 Å². The molecule has 0 fully saturated rings. The number of aryl methyl sites for hydroxylation is 1. The van der Waals surface area contributed by atoms with Crippen LogP contribution in [0.1, 0.15) is 30.4 Å². The maximum Gasteiger partial charge on any atom is 0.322 e. The van der Waals surface area contributed by atoms with Crippen molar-refractivity contribution in [3.63, 3.8) is 0 Å². The van der Waals surface area contributed by atoms with Crippen LogP contribution in [0.3, 0.4) is 0 Å². The van der Waals surface area contributed by atoms with Crippen molar-refractivity contribution >= 4 is 33.6 Å². The van der Waals surface area contributed by atoms with Crippen molar-refractivity contribution in [2.24, 2.45) is 0 Å². The van der Waals surface area contributed by atoms with E-state index in [2.05, 4.69) is 21.2 Å². The van der Waals surface area contributed by atoms with E-state index in [1.807, 2.05) is 38.1 Å². The van der Waals surface area contributed by atoms with Crippen LogP contribution in [0, 0.1) is 12.7 Å². The second-order valence-electron chi connectivity index (χ2n) is 8.30. The summed E-state index contributed by atoms with van der Waals surface area (Å²) in [4.78, 5) is 29.7. The van der Waals surface area contributed by atoms with Gasteiger partial charge in [0, 0.05) is 36.5 Å². The number of hydrogen-bond acceptors (Lipinski definition) is 4. The number of urea groups is 1. The van der Waals surface area contributed by atoms with E-state index in [9.17, 15) is 14.0 Å².